The molecule has 3 aromatic rings. The highest BCUT2D eigenvalue weighted by molar-refractivity contribution is 7.91. The molecule has 0 aromatic carbocycles. The van der Waals surface area contributed by atoms with Crippen LogP contribution in [0, 0.1) is 11.4 Å². The Hall–Kier alpha value is -2.95. The minimum Gasteiger partial charge on any atom is -0.459 e. The molecule has 4 heterocycles. The van der Waals surface area contributed by atoms with Gasteiger partial charge in [-0.1, -0.05) is 13.8 Å². The molecule has 0 bridgehead atoms. The van der Waals surface area contributed by atoms with Gasteiger partial charge >= 0.3 is 0 Å². The number of halogens is 2. The SMILES string of the molecule is CC[C@H](C)n1nc(-c2cc(OC(C)F)cnc2F)c2ncc(C(=O)CC3(C)CCS(=O)(=O)CC3)cc21. The molecular weight excluding hydrogens is 490 g/mol. The zero-order valence-corrected chi connectivity index (χ0v) is 21.6. The van der Waals surface area contributed by atoms with E-state index >= 15 is 0 Å². The Bertz CT molecular complexity index is 1390. The molecule has 1 unspecified atom stereocenters. The summed E-state index contributed by atoms with van der Waals surface area (Å²) in [6.07, 6.45) is 2.75. The molecule has 0 amide bonds. The van der Waals surface area contributed by atoms with E-state index in [0.717, 1.165) is 12.6 Å². The van der Waals surface area contributed by atoms with Gasteiger partial charge in [0.05, 0.1) is 28.8 Å². The smallest absolute Gasteiger partial charge is 0.235 e. The fourth-order valence-electron chi connectivity index (χ4n) is 4.41. The van der Waals surface area contributed by atoms with Crippen LogP contribution in [0.3, 0.4) is 0 Å². The molecule has 8 nitrogen and oxygen atoms in total. The number of hydrogen-bond acceptors (Lipinski definition) is 7. The molecule has 0 aliphatic carbocycles. The molecule has 3 aromatic heterocycles. The van der Waals surface area contributed by atoms with Crippen LogP contribution in [0.1, 0.15) is 69.8 Å². The Morgan fingerprint density at radius 1 is 1.19 bits per heavy atom. The quantitative estimate of drug-likeness (QED) is 0.301. The molecule has 1 aliphatic heterocycles. The summed E-state index contributed by atoms with van der Waals surface area (Å²) in [6, 6.07) is 2.96. The van der Waals surface area contributed by atoms with Crippen LogP contribution in [-0.4, -0.2) is 51.8 Å². The number of carbonyl (C=O) groups excluding carboxylic acids is 1. The van der Waals surface area contributed by atoms with Crippen molar-refractivity contribution in [1.29, 1.82) is 0 Å². The maximum absolute atomic E-state index is 14.7. The highest BCUT2D eigenvalue weighted by Gasteiger charge is 2.35. The molecule has 1 saturated heterocycles. The van der Waals surface area contributed by atoms with E-state index in [4.69, 9.17) is 4.74 Å². The largest absolute Gasteiger partial charge is 0.459 e. The summed E-state index contributed by atoms with van der Waals surface area (Å²) in [5.74, 6) is -0.706. The average Bonchev–Trinajstić information content (AvgIpc) is 3.20. The van der Waals surface area contributed by atoms with Crippen LogP contribution in [0.4, 0.5) is 8.78 Å². The minimum atomic E-state index is -3.04. The Morgan fingerprint density at radius 2 is 1.89 bits per heavy atom. The molecule has 36 heavy (non-hydrogen) atoms. The number of hydrogen-bond donors (Lipinski definition) is 0. The predicted octanol–water partition coefficient (Wildman–Crippen LogP) is 5.09. The molecular formula is C25H30F2N4O4S. The van der Waals surface area contributed by atoms with Crippen molar-refractivity contribution in [2.24, 2.45) is 5.41 Å². The van der Waals surface area contributed by atoms with Gasteiger partial charge in [0.1, 0.15) is 26.8 Å². The van der Waals surface area contributed by atoms with E-state index in [-0.39, 0.29) is 46.8 Å². The van der Waals surface area contributed by atoms with Gasteiger partial charge in [0.15, 0.2) is 5.78 Å². The topological polar surface area (TPSA) is 104 Å². The second kappa shape index (κ2) is 9.84. The highest BCUT2D eigenvalue weighted by Crippen LogP contribution is 2.37. The first-order chi connectivity index (χ1) is 16.9. The Labute approximate surface area is 209 Å². The van der Waals surface area contributed by atoms with E-state index in [1.165, 1.54) is 19.2 Å². The zero-order valence-electron chi connectivity index (χ0n) is 20.8. The standard InChI is InChI=1S/C25H30F2N4O4S/c1-5-15(2)31-20-10-17(21(32)12-25(4)6-8-36(33,34)9-7-25)13-28-23(20)22(30-31)19-11-18(35-16(3)26)14-29-24(19)27/h10-11,13-16H,5-9,12H2,1-4H3/t15-,16?/m0/s1. The number of pyridine rings is 2. The second-order valence-electron chi connectivity index (χ2n) is 9.87. The number of aromatic nitrogens is 4. The monoisotopic (exact) mass is 520 g/mol. The number of alkyl halides is 1. The first-order valence-corrected chi connectivity index (χ1v) is 13.8. The van der Waals surface area contributed by atoms with Crippen LogP contribution in [0.15, 0.2) is 24.5 Å². The number of Topliss-reactive ketones (excluding diaryl/α,β-unsaturated/α-hetero) is 1. The van der Waals surface area contributed by atoms with Crippen molar-refractivity contribution in [2.45, 2.75) is 65.8 Å². The van der Waals surface area contributed by atoms with Gasteiger partial charge in [0, 0.05) is 31.1 Å². The normalized spacial score (nSPS) is 18.6. The van der Waals surface area contributed by atoms with E-state index in [1.54, 1.807) is 10.7 Å². The summed E-state index contributed by atoms with van der Waals surface area (Å²) in [5.41, 5.74) is 1.16. The molecule has 0 spiro atoms. The van der Waals surface area contributed by atoms with E-state index in [0.29, 0.717) is 29.4 Å². The van der Waals surface area contributed by atoms with Gasteiger partial charge < -0.3 is 4.74 Å². The van der Waals surface area contributed by atoms with Crippen LogP contribution in [0.5, 0.6) is 5.75 Å². The first kappa shape index (κ1) is 26.1. The summed E-state index contributed by atoms with van der Waals surface area (Å²) in [4.78, 5) is 21.4. The van der Waals surface area contributed by atoms with Gasteiger partial charge in [-0.25, -0.2) is 17.8 Å². The number of ketones is 1. The predicted molar refractivity (Wildman–Crippen MR) is 132 cm³/mol. The molecule has 4 rings (SSSR count). The maximum atomic E-state index is 14.7. The Kier molecular flexibility index (Phi) is 7.14. The van der Waals surface area contributed by atoms with Gasteiger partial charge in [-0.15, -0.1) is 0 Å². The van der Waals surface area contributed by atoms with Crippen LogP contribution in [0.2, 0.25) is 0 Å². The fraction of sp³-hybridized carbons (Fsp3) is 0.520. The molecule has 0 N–H and O–H groups in total. The molecule has 1 fully saturated rings. The Balaban J connectivity index is 1.73. The van der Waals surface area contributed by atoms with Crippen molar-refractivity contribution in [3.63, 3.8) is 0 Å². The number of carbonyl (C=O) groups is 1. The lowest BCUT2D eigenvalue weighted by Gasteiger charge is -2.32. The fourth-order valence-corrected chi connectivity index (χ4v) is 6.22. The lowest BCUT2D eigenvalue weighted by atomic mass is 9.78. The van der Waals surface area contributed by atoms with E-state index in [2.05, 4.69) is 15.1 Å². The Morgan fingerprint density at radius 3 is 2.53 bits per heavy atom. The zero-order chi connectivity index (χ0) is 26.3. The number of rotatable bonds is 8. The maximum Gasteiger partial charge on any atom is 0.235 e. The summed E-state index contributed by atoms with van der Waals surface area (Å²) in [6.45, 7) is 7.09. The van der Waals surface area contributed by atoms with Crippen LogP contribution in [-0.2, 0) is 9.84 Å². The number of nitrogens with zero attached hydrogens (tertiary/aromatic N) is 4. The molecule has 1 aliphatic rings. The summed E-state index contributed by atoms with van der Waals surface area (Å²) < 4.78 is 58.5. The third kappa shape index (κ3) is 5.40. The van der Waals surface area contributed by atoms with Crippen molar-refractivity contribution in [2.75, 3.05) is 11.5 Å². The number of sulfone groups is 1. The van der Waals surface area contributed by atoms with Gasteiger partial charge in [-0.2, -0.15) is 9.49 Å². The summed E-state index contributed by atoms with van der Waals surface area (Å²) in [5, 5.41) is 4.60. The van der Waals surface area contributed by atoms with Gasteiger partial charge in [-0.05, 0) is 43.7 Å². The third-order valence-corrected chi connectivity index (χ3v) is 8.52. The number of ether oxygens (including phenoxy) is 1. The molecule has 11 heteroatoms. The van der Waals surface area contributed by atoms with E-state index in [9.17, 15) is 22.0 Å². The van der Waals surface area contributed by atoms with E-state index in [1.807, 2.05) is 20.8 Å². The summed E-state index contributed by atoms with van der Waals surface area (Å²) in [7, 11) is -3.04. The lowest BCUT2D eigenvalue weighted by Crippen LogP contribution is -2.33. The number of fused-ring (bicyclic) bond motifs is 1. The highest BCUT2D eigenvalue weighted by atomic mass is 32.2. The van der Waals surface area contributed by atoms with Crippen LogP contribution >= 0.6 is 0 Å². The van der Waals surface area contributed by atoms with Crippen molar-refractivity contribution in [1.82, 2.24) is 19.7 Å². The molecule has 0 saturated carbocycles. The second-order valence-corrected chi connectivity index (χ2v) is 12.2. The average molecular weight is 521 g/mol. The van der Waals surface area contributed by atoms with Crippen molar-refractivity contribution >= 4 is 26.7 Å². The molecule has 2 atom stereocenters. The van der Waals surface area contributed by atoms with Crippen molar-refractivity contribution < 1.29 is 26.7 Å². The third-order valence-electron chi connectivity index (χ3n) is 6.86. The summed E-state index contributed by atoms with van der Waals surface area (Å²) >= 11 is 0. The first-order valence-electron chi connectivity index (χ1n) is 12.0. The van der Waals surface area contributed by atoms with Gasteiger partial charge in [0.2, 0.25) is 12.3 Å². The lowest BCUT2D eigenvalue weighted by molar-refractivity contribution is 0.0854. The molecule has 194 valence electrons. The van der Waals surface area contributed by atoms with Gasteiger partial charge in [0.25, 0.3) is 0 Å². The van der Waals surface area contributed by atoms with Crippen LogP contribution in [0.25, 0.3) is 22.3 Å². The van der Waals surface area contributed by atoms with Crippen molar-refractivity contribution in [3.05, 3.63) is 36.0 Å². The van der Waals surface area contributed by atoms with Gasteiger partial charge in [-0.3, -0.25) is 14.5 Å². The van der Waals surface area contributed by atoms with E-state index < -0.39 is 27.6 Å². The molecule has 0 radical (unpaired) electrons. The van der Waals surface area contributed by atoms with Crippen LogP contribution < -0.4 is 4.74 Å². The minimum absolute atomic E-state index is 0.0164. The van der Waals surface area contributed by atoms with Crippen molar-refractivity contribution in [3.8, 4) is 17.0 Å².